The van der Waals surface area contributed by atoms with E-state index in [-0.39, 0.29) is 18.6 Å². The Morgan fingerprint density at radius 2 is 1.58 bits per heavy atom. The van der Waals surface area contributed by atoms with Gasteiger partial charge in [0, 0.05) is 85.6 Å². The molecule has 250 valence electrons. The highest BCUT2D eigenvalue weighted by Crippen LogP contribution is 2.37. The quantitative estimate of drug-likeness (QED) is 0.174. The Labute approximate surface area is 282 Å². The zero-order valence-corrected chi connectivity index (χ0v) is 28.0. The number of fused-ring (bicyclic) bond motifs is 1. The van der Waals surface area contributed by atoms with E-state index in [2.05, 4.69) is 81.4 Å². The average molecular weight is 647 g/mol. The van der Waals surface area contributed by atoms with Crippen molar-refractivity contribution in [2.75, 3.05) is 64.3 Å². The van der Waals surface area contributed by atoms with Crippen LogP contribution < -0.4 is 5.32 Å². The third-order valence-corrected chi connectivity index (χ3v) is 9.64. The van der Waals surface area contributed by atoms with Crippen LogP contribution in [0.5, 0.6) is 0 Å². The van der Waals surface area contributed by atoms with Crippen LogP contribution in [0.25, 0.3) is 44.7 Å². The number of rotatable bonds is 11. The molecule has 5 heterocycles. The van der Waals surface area contributed by atoms with Crippen molar-refractivity contribution in [2.45, 2.75) is 39.3 Å². The number of anilines is 1. The summed E-state index contributed by atoms with van der Waals surface area (Å²) >= 11 is 0. The second-order valence-corrected chi connectivity index (χ2v) is 13.4. The van der Waals surface area contributed by atoms with E-state index in [1.54, 1.807) is 0 Å². The number of benzene rings is 2. The maximum absolute atomic E-state index is 12.6. The van der Waals surface area contributed by atoms with Crippen molar-refractivity contribution in [1.82, 2.24) is 34.4 Å². The van der Waals surface area contributed by atoms with Gasteiger partial charge in [-0.1, -0.05) is 36.4 Å². The Bertz CT molecular complexity index is 1830. The summed E-state index contributed by atoms with van der Waals surface area (Å²) in [7, 11) is 0. The lowest BCUT2D eigenvalue weighted by Crippen LogP contribution is -2.46. The van der Waals surface area contributed by atoms with E-state index in [9.17, 15) is 9.90 Å². The zero-order chi connectivity index (χ0) is 33.0. The number of aromatic nitrogens is 4. The third-order valence-electron chi connectivity index (χ3n) is 9.64. The molecule has 0 spiro atoms. The number of H-pyrrole nitrogens is 1. The van der Waals surface area contributed by atoms with E-state index in [4.69, 9.17) is 10.1 Å². The van der Waals surface area contributed by atoms with Gasteiger partial charge in [-0.15, -0.1) is 0 Å². The molecule has 10 heteroatoms. The number of likely N-dealkylation sites (tertiary alicyclic amines) is 1. The minimum atomic E-state index is 0.0277. The number of β-amino-alcohol motifs (C(OH)–C–C–N with tert-alkyl or cyclic N) is 1. The fourth-order valence-corrected chi connectivity index (χ4v) is 6.90. The number of hydrogen-bond donors (Lipinski definition) is 3. The summed E-state index contributed by atoms with van der Waals surface area (Å²) in [6, 6.07) is 21.3. The van der Waals surface area contributed by atoms with Crippen LogP contribution in [0.2, 0.25) is 0 Å². The lowest BCUT2D eigenvalue weighted by atomic mass is 9.99. The molecule has 0 atom stereocenters. The SMILES string of the molecule is CC(C)n1cc(-c2ccnc3[nH]c(-c4ccc(CN5CCN(CCO)CC5)cc4)cc23)c(-c2ccc(NC(=O)CN3CCCC3)cc2)n1. The predicted octanol–water partition coefficient (Wildman–Crippen LogP) is 5.49. The van der Waals surface area contributed by atoms with Gasteiger partial charge >= 0.3 is 0 Å². The number of nitrogens with one attached hydrogen (secondary N) is 2. The number of aliphatic hydroxyl groups excluding tert-OH is 1. The first-order valence-electron chi connectivity index (χ1n) is 17.3. The Kier molecular flexibility index (Phi) is 9.67. The molecule has 2 fully saturated rings. The number of carbonyl (C=O) groups excluding carboxylic acids is 1. The minimum Gasteiger partial charge on any atom is -0.395 e. The van der Waals surface area contributed by atoms with E-state index in [1.807, 2.05) is 35.1 Å². The molecule has 3 N–H and O–H groups in total. The highest BCUT2D eigenvalue weighted by Gasteiger charge is 2.20. The van der Waals surface area contributed by atoms with Crippen LogP contribution in [-0.2, 0) is 11.3 Å². The molecule has 7 rings (SSSR count). The first-order valence-corrected chi connectivity index (χ1v) is 17.3. The summed E-state index contributed by atoms with van der Waals surface area (Å²) in [5, 5.41) is 18.4. The van der Waals surface area contributed by atoms with Crippen molar-refractivity contribution in [2.24, 2.45) is 0 Å². The maximum atomic E-state index is 12.6. The molecule has 0 radical (unpaired) electrons. The summed E-state index contributed by atoms with van der Waals surface area (Å²) in [5.41, 5.74) is 9.09. The molecular formula is C38H46N8O2. The third kappa shape index (κ3) is 7.22. The molecule has 0 unspecified atom stereocenters. The van der Waals surface area contributed by atoms with Crippen LogP contribution in [-0.4, -0.2) is 104 Å². The van der Waals surface area contributed by atoms with Crippen molar-refractivity contribution in [3.05, 3.63) is 78.6 Å². The molecular weight excluding hydrogens is 600 g/mol. The van der Waals surface area contributed by atoms with Gasteiger partial charge in [-0.3, -0.25) is 24.2 Å². The van der Waals surface area contributed by atoms with Gasteiger partial charge < -0.3 is 15.4 Å². The standard InChI is InChI=1S/C38H46N8O2/c1-27(2)46-25-34(37(42-46)30-9-11-31(12-10-30)40-36(48)26-44-15-3-4-16-44)32-13-14-39-38-33(32)23-35(41-38)29-7-5-28(6-8-29)24-45-19-17-43(18-20-45)21-22-47/h5-14,23,25,27,47H,3-4,15-22,24,26H2,1-2H3,(H,39,41)(H,40,48). The number of piperazine rings is 1. The van der Waals surface area contributed by atoms with Crippen LogP contribution in [0.15, 0.2) is 73.1 Å². The molecule has 1 amide bonds. The van der Waals surface area contributed by atoms with E-state index in [1.165, 1.54) is 18.4 Å². The maximum Gasteiger partial charge on any atom is 0.238 e. The molecule has 2 aliphatic heterocycles. The molecule has 0 saturated carbocycles. The highest BCUT2D eigenvalue weighted by atomic mass is 16.3. The van der Waals surface area contributed by atoms with Crippen LogP contribution in [0.3, 0.4) is 0 Å². The summed E-state index contributed by atoms with van der Waals surface area (Å²) in [6.45, 7) is 12.7. The fourth-order valence-electron chi connectivity index (χ4n) is 6.90. The van der Waals surface area contributed by atoms with E-state index in [0.717, 1.165) is 103 Å². The van der Waals surface area contributed by atoms with E-state index >= 15 is 0 Å². The summed E-state index contributed by atoms with van der Waals surface area (Å²) in [5.74, 6) is 0.0277. The number of hydrogen-bond acceptors (Lipinski definition) is 7. The highest BCUT2D eigenvalue weighted by molar-refractivity contribution is 5.99. The molecule has 2 aromatic carbocycles. The van der Waals surface area contributed by atoms with Crippen molar-refractivity contribution in [3.8, 4) is 33.6 Å². The second kappa shape index (κ2) is 14.4. The number of carbonyl (C=O) groups is 1. The number of aliphatic hydroxyl groups is 1. The molecule has 2 aliphatic rings. The molecule has 48 heavy (non-hydrogen) atoms. The van der Waals surface area contributed by atoms with Crippen LogP contribution in [0.4, 0.5) is 5.69 Å². The number of aromatic amines is 1. The molecule has 0 bridgehead atoms. The normalized spacial score (nSPS) is 16.3. The molecule has 5 aromatic rings. The Balaban J connectivity index is 1.11. The van der Waals surface area contributed by atoms with Gasteiger partial charge in [0.15, 0.2) is 0 Å². The van der Waals surface area contributed by atoms with Gasteiger partial charge in [-0.25, -0.2) is 4.98 Å². The summed E-state index contributed by atoms with van der Waals surface area (Å²) in [4.78, 5) is 27.9. The number of nitrogens with zero attached hydrogens (tertiary/aromatic N) is 6. The first-order chi connectivity index (χ1) is 23.4. The van der Waals surface area contributed by atoms with E-state index < -0.39 is 0 Å². The zero-order valence-electron chi connectivity index (χ0n) is 28.0. The van der Waals surface area contributed by atoms with Gasteiger partial charge in [0.05, 0.1) is 13.2 Å². The van der Waals surface area contributed by atoms with Crippen molar-refractivity contribution in [1.29, 1.82) is 0 Å². The minimum absolute atomic E-state index is 0.0277. The average Bonchev–Trinajstić information content (AvgIpc) is 3.87. The van der Waals surface area contributed by atoms with Crippen molar-refractivity contribution in [3.63, 3.8) is 0 Å². The summed E-state index contributed by atoms with van der Waals surface area (Å²) < 4.78 is 2.02. The predicted molar refractivity (Wildman–Crippen MR) is 192 cm³/mol. The summed E-state index contributed by atoms with van der Waals surface area (Å²) in [6.07, 6.45) is 6.32. The molecule has 10 nitrogen and oxygen atoms in total. The lowest BCUT2D eigenvalue weighted by molar-refractivity contribution is -0.117. The monoisotopic (exact) mass is 646 g/mol. The van der Waals surface area contributed by atoms with Gasteiger partial charge in [0.2, 0.25) is 5.91 Å². The van der Waals surface area contributed by atoms with Gasteiger partial charge in [0.1, 0.15) is 11.3 Å². The number of pyridine rings is 1. The second-order valence-electron chi connectivity index (χ2n) is 13.4. The molecule has 0 aliphatic carbocycles. The van der Waals surface area contributed by atoms with Crippen molar-refractivity contribution < 1.29 is 9.90 Å². The lowest BCUT2D eigenvalue weighted by Gasteiger charge is -2.34. The van der Waals surface area contributed by atoms with Crippen LogP contribution in [0.1, 0.15) is 38.3 Å². The smallest absolute Gasteiger partial charge is 0.238 e. The van der Waals surface area contributed by atoms with Crippen LogP contribution >= 0.6 is 0 Å². The first kappa shape index (κ1) is 32.2. The van der Waals surface area contributed by atoms with Gasteiger partial charge in [-0.05, 0) is 80.7 Å². The van der Waals surface area contributed by atoms with Gasteiger partial charge in [0.25, 0.3) is 0 Å². The Hall–Kier alpha value is -4.35. The Morgan fingerprint density at radius 1 is 0.875 bits per heavy atom. The van der Waals surface area contributed by atoms with Crippen LogP contribution in [0, 0.1) is 0 Å². The fraction of sp³-hybridized carbons (Fsp3) is 0.395. The largest absolute Gasteiger partial charge is 0.395 e. The Morgan fingerprint density at radius 3 is 2.29 bits per heavy atom. The molecule has 2 saturated heterocycles. The molecule has 3 aromatic heterocycles. The van der Waals surface area contributed by atoms with E-state index in [0.29, 0.717) is 6.54 Å². The topological polar surface area (TPSA) is 106 Å². The number of amides is 1. The van der Waals surface area contributed by atoms with Crippen molar-refractivity contribution >= 4 is 22.6 Å². The van der Waals surface area contributed by atoms with Gasteiger partial charge in [-0.2, -0.15) is 5.10 Å².